The smallest absolute Gasteiger partial charge is 0.339 e. The average molecular weight is 380 g/mol. The molecule has 1 aliphatic rings. The summed E-state index contributed by atoms with van der Waals surface area (Å²) in [5.74, 6) is 0.253. The maximum Gasteiger partial charge on any atom is 0.339 e. The van der Waals surface area contributed by atoms with Gasteiger partial charge < -0.3 is 19.0 Å². The molecule has 0 fully saturated rings. The Kier molecular flexibility index (Phi) is 4.77. The molecule has 2 aromatic carbocycles. The topological polar surface area (TPSA) is 86.0 Å². The van der Waals surface area contributed by atoms with Crippen molar-refractivity contribution in [3.63, 3.8) is 0 Å². The van der Waals surface area contributed by atoms with Gasteiger partial charge in [-0.2, -0.15) is 0 Å². The molecule has 0 bridgehead atoms. The first-order valence-electron chi connectivity index (χ1n) is 9.21. The molecule has 0 saturated heterocycles. The van der Waals surface area contributed by atoms with Gasteiger partial charge in [-0.3, -0.25) is 0 Å². The number of hydrogen-bond acceptors (Lipinski definition) is 5. The van der Waals surface area contributed by atoms with Gasteiger partial charge in [0.2, 0.25) is 0 Å². The number of carbonyl (C=O) groups is 1. The van der Waals surface area contributed by atoms with Crippen LogP contribution in [0, 0.1) is 6.92 Å². The Hall–Kier alpha value is -3.28. The minimum atomic E-state index is -0.973. The van der Waals surface area contributed by atoms with Crippen LogP contribution in [0.1, 0.15) is 33.5 Å². The van der Waals surface area contributed by atoms with Crippen LogP contribution in [0.5, 0.6) is 11.5 Å². The van der Waals surface area contributed by atoms with Crippen LogP contribution in [0.3, 0.4) is 0 Å². The molecule has 1 aliphatic carbocycles. The Morgan fingerprint density at radius 3 is 2.50 bits per heavy atom. The average Bonchev–Trinajstić information content (AvgIpc) is 3.18. The van der Waals surface area contributed by atoms with E-state index in [0.29, 0.717) is 30.3 Å². The van der Waals surface area contributed by atoms with Crippen molar-refractivity contribution in [1.82, 2.24) is 0 Å². The van der Waals surface area contributed by atoms with Gasteiger partial charge in [-0.25, -0.2) is 9.59 Å². The number of rotatable bonds is 6. The summed E-state index contributed by atoms with van der Waals surface area (Å²) in [6.45, 7) is 2.49. The first kappa shape index (κ1) is 18.1. The SMILES string of the molecule is Cc1c(OCCOc2ccc(C(=O)O)cc2)ccc2c3c(c(=O)oc12)CCC3. The highest BCUT2D eigenvalue weighted by molar-refractivity contribution is 5.87. The Balaban J connectivity index is 1.44. The predicted molar refractivity (Wildman–Crippen MR) is 104 cm³/mol. The molecule has 6 heteroatoms. The zero-order valence-corrected chi connectivity index (χ0v) is 15.5. The molecule has 3 aromatic rings. The molecule has 1 heterocycles. The summed E-state index contributed by atoms with van der Waals surface area (Å²) in [7, 11) is 0. The van der Waals surface area contributed by atoms with Gasteiger partial charge in [0.25, 0.3) is 0 Å². The fourth-order valence-corrected chi connectivity index (χ4v) is 3.62. The van der Waals surface area contributed by atoms with Crippen LogP contribution in [0.4, 0.5) is 0 Å². The molecular formula is C22H20O6. The van der Waals surface area contributed by atoms with Crippen LogP contribution in [0.15, 0.2) is 45.6 Å². The van der Waals surface area contributed by atoms with Gasteiger partial charge in [0.15, 0.2) is 0 Å². The Bertz CT molecular complexity index is 1090. The number of benzene rings is 2. The van der Waals surface area contributed by atoms with Crippen LogP contribution in [-0.2, 0) is 12.8 Å². The van der Waals surface area contributed by atoms with Crippen molar-refractivity contribution in [2.45, 2.75) is 26.2 Å². The zero-order valence-electron chi connectivity index (χ0n) is 15.5. The van der Waals surface area contributed by atoms with Crippen LogP contribution >= 0.6 is 0 Å². The first-order valence-corrected chi connectivity index (χ1v) is 9.21. The van der Waals surface area contributed by atoms with Crippen LogP contribution in [0.2, 0.25) is 0 Å². The van der Waals surface area contributed by atoms with Gasteiger partial charge in [-0.05, 0) is 68.1 Å². The fraction of sp³-hybridized carbons (Fsp3) is 0.273. The highest BCUT2D eigenvalue weighted by Gasteiger charge is 2.21. The van der Waals surface area contributed by atoms with Gasteiger partial charge in [0, 0.05) is 16.5 Å². The van der Waals surface area contributed by atoms with E-state index in [1.165, 1.54) is 12.1 Å². The maximum absolute atomic E-state index is 12.2. The molecule has 0 atom stereocenters. The lowest BCUT2D eigenvalue weighted by Gasteiger charge is -2.13. The number of hydrogen-bond donors (Lipinski definition) is 1. The molecular weight excluding hydrogens is 360 g/mol. The molecule has 4 rings (SSSR count). The second-order valence-electron chi connectivity index (χ2n) is 6.79. The highest BCUT2D eigenvalue weighted by atomic mass is 16.5. The van der Waals surface area contributed by atoms with E-state index < -0.39 is 5.97 Å². The molecule has 1 N–H and O–H groups in total. The summed E-state index contributed by atoms with van der Waals surface area (Å²) in [6.07, 6.45) is 2.68. The van der Waals surface area contributed by atoms with Crippen molar-refractivity contribution in [3.8, 4) is 11.5 Å². The Morgan fingerprint density at radius 1 is 1.04 bits per heavy atom. The summed E-state index contributed by atoms with van der Waals surface area (Å²) in [6, 6.07) is 10.1. The third-order valence-electron chi connectivity index (χ3n) is 5.05. The molecule has 0 spiro atoms. The van der Waals surface area contributed by atoms with E-state index in [0.717, 1.165) is 41.3 Å². The van der Waals surface area contributed by atoms with E-state index in [1.54, 1.807) is 12.1 Å². The lowest BCUT2D eigenvalue weighted by atomic mass is 10.0. The van der Waals surface area contributed by atoms with Crippen molar-refractivity contribution in [1.29, 1.82) is 0 Å². The van der Waals surface area contributed by atoms with Crippen molar-refractivity contribution >= 4 is 16.9 Å². The third-order valence-corrected chi connectivity index (χ3v) is 5.05. The largest absolute Gasteiger partial charge is 0.490 e. The zero-order chi connectivity index (χ0) is 19.7. The monoisotopic (exact) mass is 380 g/mol. The van der Waals surface area contributed by atoms with E-state index in [-0.39, 0.29) is 11.2 Å². The second kappa shape index (κ2) is 7.38. The number of fused-ring (bicyclic) bond motifs is 3. The molecule has 144 valence electrons. The van der Waals surface area contributed by atoms with Crippen LogP contribution in [-0.4, -0.2) is 24.3 Å². The Labute approximate surface area is 161 Å². The number of carboxylic acid groups (broad SMARTS) is 1. The third kappa shape index (κ3) is 3.33. The first-order chi connectivity index (χ1) is 13.5. The second-order valence-corrected chi connectivity index (χ2v) is 6.79. The van der Waals surface area contributed by atoms with E-state index in [9.17, 15) is 9.59 Å². The summed E-state index contributed by atoms with van der Waals surface area (Å²) in [5.41, 5.74) is 3.28. The number of carboxylic acids is 1. The van der Waals surface area contributed by atoms with E-state index in [1.807, 2.05) is 19.1 Å². The quantitative estimate of drug-likeness (QED) is 0.518. The highest BCUT2D eigenvalue weighted by Crippen LogP contribution is 2.32. The number of ether oxygens (including phenoxy) is 2. The lowest BCUT2D eigenvalue weighted by molar-refractivity contribution is 0.0697. The van der Waals surface area contributed by atoms with Crippen LogP contribution in [0.25, 0.3) is 11.0 Å². The van der Waals surface area contributed by atoms with Crippen molar-refractivity contribution in [2.24, 2.45) is 0 Å². The molecule has 0 aliphatic heterocycles. The number of aryl methyl sites for hydroxylation is 2. The number of aromatic carboxylic acids is 1. The van der Waals surface area contributed by atoms with Gasteiger partial charge in [-0.1, -0.05) is 0 Å². The van der Waals surface area contributed by atoms with Crippen LogP contribution < -0.4 is 15.1 Å². The molecule has 0 saturated carbocycles. The summed E-state index contributed by atoms with van der Waals surface area (Å²) >= 11 is 0. The van der Waals surface area contributed by atoms with Gasteiger partial charge in [0.1, 0.15) is 30.3 Å². The molecule has 0 unspecified atom stereocenters. The maximum atomic E-state index is 12.2. The Morgan fingerprint density at radius 2 is 1.75 bits per heavy atom. The van der Waals surface area contributed by atoms with E-state index >= 15 is 0 Å². The van der Waals surface area contributed by atoms with Crippen molar-refractivity contribution in [2.75, 3.05) is 13.2 Å². The molecule has 0 radical (unpaired) electrons. The fourth-order valence-electron chi connectivity index (χ4n) is 3.62. The minimum Gasteiger partial charge on any atom is -0.490 e. The lowest BCUT2D eigenvalue weighted by Crippen LogP contribution is -2.11. The van der Waals surface area contributed by atoms with Gasteiger partial charge in [-0.15, -0.1) is 0 Å². The normalized spacial score (nSPS) is 12.8. The summed E-state index contributed by atoms with van der Waals surface area (Å²) in [4.78, 5) is 23.1. The molecule has 0 amide bonds. The van der Waals surface area contributed by atoms with Crippen molar-refractivity contribution < 1.29 is 23.8 Å². The predicted octanol–water partition coefficient (Wildman–Crippen LogP) is 3.75. The standard InChI is InChI=1S/C22H20O6/c1-13-19(27-12-11-26-15-7-5-14(6-8-15)21(23)24)10-9-17-16-3-2-4-18(16)22(25)28-20(13)17/h5-10H,2-4,11-12H2,1H3,(H,23,24). The minimum absolute atomic E-state index is 0.211. The van der Waals surface area contributed by atoms with Gasteiger partial charge in [0.05, 0.1) is 5.56 Å². The van der Waals surface area contributed by atoms with E-state index in [4.69, 9.17) is 19.0 Å². The summed E-state index contributed by atoms with van der Waals surface area (Å²) in [5, 5.41) is 9.89. The van der Waals surface area contributed by atoms with E-state index in [2.05, 4.69) is 0 Å². The summed E-state index contributed by atoms with van der Waals surface area (Å²) < 4.78 is 17.0. The van der Waals surface area contributed by atoms with Crippen molar-refractivity contribution in [3.05, 3.63) is 69.1 Å². The molecule has 6 nitrogen and oxygen atoms in total. The molecule has 1 aromatic heterocycles. The van der Waals surface area contributed by atoms with Gasteiger partial charge >= 0.3 is 11.6 Å². The molecule has 28 heavy (non-hydrogen) atoms.